The van der Waals surface area contributed by atoms with Gasteiger partial charge in [-0.3, -0.25) is 0 Å². The normalized spacial score (nSPS) is 20.9. The third-order valence-electron chi connectivity index (χ3n) is 9.51. The Morgan fingerprint density at radius 2 is 0.962 bits per heavy atom. The molecule has 9 aromatic carbocycles. The van der Waals surface area contributed by atoms with Crippen LogP contribution in [0.3, 0.4) is 0 Å². The van der Waals surface area contributed by atoms with Crippen molar-refractivity contribution < 1.29 is 42.8 Å². The molecule has 0 aliphatic heterocycles. The SMILES string of the molecule is [2H]c1c([2H])c(-c2c([2H])c([2H])c([2H])c3c2-c2c([2H])c([2H])c([2H])c([2H])c2C3(C)C)c([2H])c(-c2c3c([2H])c([2H])c([2H])c([2H])c3c(-c3c([2H])c([2H])c([2H])c4oc5c([2H])c6c([2H])c([2H])c([2H])c([2H])c6c([2H])c5c34)c3c([2H])c([2H])c([2H])c([2H])c23)c1[2H]. The van der Waals surface area contributed by atoms with Crippen molar-refractivity contribution in [3.8, 4) is 44.5 Å². The van der Waals surface area contributed by atoms with Crippen molar-refractivity contribution >= 4 is 54.3 Å². The van der Waals surface area contributed by atoms with E-state index in [-0.39, 0.29) is 22.3 Å². The second-order valence-electron chi connectivity index (χ2n) is 12.6. The van der Waals surface area contributed by atoms with Crippen LogP contribution in [0, 0.1) is 0 Å². The van der Waals surface area contributed by atoms with Crippen LogP contribution < -0.4 is 0 Å². The molecule has 0 fully saturated rings. The molecule has 0 atom stereocenters. The molecule has 0 N–H and O–H groups in total. The molecular weight excluding hydrogens is 629 g/mol. The highest BCUT2D eigenvalue weighted by molar-refractivity contribution is 6.26. The lowest BCUT2D eigenvalue weighted by Crippen LogP contribution is -2.14. The highest BCUT2D eigenvalue weighted by atomic mass is 16.3. The summed E-state index contributed by atoms with van der Waals surface area (Å²) in [5.41, 5.74) is -7.91. The van der Waals surface area contributed by atoms with Gasteiger partial charge in [-0.05, 0) is 112 Å². The molecule has 0 bridgehead atoms. The van der Waals surface area contributed by atoms with E-state index in [0.29, 0.717) is 0 Å². The van der Waals surface area contributed by atoms with E-state index in [1.807, 2.05) is 0 Å². The largest absolute Gasteiger partial charge is 0.456 e. The van der Waals surface area contributed by atoms with Crippen molar-refractivity contribution in [1.29, 1.82) is 0 Å². The van der Waals surface area contributed by atoms with E-state index >= 15 is 0 Å². The Morgan fingerprint density at radius 1 is 0.404 bits per heavy atom. The number of furan rings is 1. The summed E-state index contributed by atoms with van der Waals surface area (Å²) in [6.07, 6.45) is 0. The lowest BCUT2D eigenvalue weighted by molar-refractivity contribution is 0.660. The van der Waals surface area contributed by atoms with Crippen LogP contribution in [0.1, 0.15) is 63.4 Å². The average molecular weight is 691 g/mol. The fourth-order valence-corrected chi connectivity index (χ4v) is 7.23. The van der Waals surface area contributed by atoms with E-state index in [0.717, 1.165) is 0 Å². The molecule has 0 unspecified atom stereocenters. The van der Waals surface area contributed by atoms with Crippen LogP contribution in [0.15, 0.2) is 174 Å². The van der Waals surface area contributed by atoms with E-state index in [2.05, 4.69) is 0 Å². The molecule has 1 aliphatic rings. The molecule has 1 heterocycles. The van der Waals surface area contributed by atoms with Crippen LogP contribution in [-0.2, 0) is 5.41 Å². The van der Waals surface area contributed by atoms with Gasteiger partial charge in [0, 0.05) is 16.2 Å². The predicted octanol–water partition coefficient (Wildman–Crippen LogP) is 14.4. The zero-order valence-electron chi connectivity index (χ0n) is 54.9. The maximum atomic E-state index is 10.2. The van der Waals surface area contributed by atoms with E-state index in [1.54, 1.807) is 0 Å². The Labute approximate surface area is 341 Å². The summed E-state index contributed by atoms with van der Waals surface area (Å²) < 4.78 is 263. The van der Waals surface area contributed by atoms with Crippen molar-refractivity contribution in [3.63, 3.8) is 0 Å². The first-order valence-electron chi connectivity index (χ1n) is 29.9. The molecule has 1 aliphatic carbocycles. The molecule has 52 heavy (non-hydrogen) atoms. The quantitative estimate of drug-likeness (QED) is 0.168. The van der Waals surface area contributed by atoms with Gasteiger partial charge < -0.3 is 4.42 Å². The predicted molar refractivity (Wildman–Crippen MR) is 220 cm³/mol. The van der Waals surface area contributed by atoms with Crippen molar-refractivity contribution in [1.82, 2.24) is 0 Å². The molecule has 244 valence electrons. The van der Waals surface area contributed by atoms with Gasteiger partial charge >= 0.3 is 0 Å². The lowest BCUT2D eigenvalue weighted by Gasteiger charge is -2.21. The number of hydrogen-bond acceptors (Lipinski definition) is 1. The van der Waals surface area contributed by atoms with Gasteiger partial charge in [-0.25, -0.2) is 0 Å². The number of benzene rings is 9. The highest BCUT2D eigenvalue weighted by Gasteiger charge is 2.36. The smallest absolute Gasteiger partial charge is 0.136 e. The van der Waals surface area contributed by atoms with Gasteiger partial charge in [0.15, 0.2) is 0 Å². The summed E-state index contributed by atoms with van der Waals surface area (Å²) in [4.78, 5) is 0. The summed E-state index contributed by atoms with van der Waals surface area (Å²) in [6.45, 7) is 3.01. The Bertz CT molecular complexity index is 4630. The minimum absolute atomic E-state index is 0.0732. The highest BCUT2D eigenvalue weighted by Crippen LogP contribution is 2.53. The van der Waals surface area contributed by atoms with Crippen LogP contribution in [0.2, 0.25) is 0 Å². The van der Waals surface area contributed by atoms with Gasteiger partial charge in [0.25, 0.3) is 0 Å². The minimum Gasteiger partial charge on any atom is -0.456 e. The van der Waals surface area contributed by atoms with Gasteiger partial charge in [0.05, 0.1) is 38.4 Å². The third-order valence-corrected chi connectivity index (χ3v) is 9.51. The first-order valence-corrected chi connectivity index (χ1v) is 15.9. The molecule has 0 radical (unpaired) electrons. The number of hydrogen-bond donors (Lipinski definition) is 0. The number of fused-ring (bicyclic) bond motifs is 9. The molecule has 11 rings (SSSR count). The van der Waals surface area contributed by atoms with Crippen LogP contribution >= 0.6 is 0 Å². The Morgan fingerprint density at radius 3 is 1.73 bits per heavy atom. The van der Waals surface area contributed by atoms with E-state index in [9.17, 15) is 16.4 Å². The van der Waals surface area contributed by atoms with Gasteiger partial charge in [-0.15, -0.1) is 0 Å². The summed E-state index contributed by atoms with van der Waals surface area (Å²) in [5.74, 6) is 0. The second-order valence-corrected chi connectivity index (χ2v) is 12.6. The van der Waals surface area contributed by atoms with Crippen molar-refractivity contribution in [2.75, 3.05) is 0 Å². The van der Waals surface area contributed by atoms with Crippen LogP contribution in [0.5, 0.6) is 0 Å². The van der Waals surface area contributed by atoms with Gasteiger partial charge in [-0.2, -0.15) is 0 Å². The molecule has 1 aromatic heterocycles. The number of rotatable bonds is 3. The van der Waals surface area contributed by atoms with E-state index in [1.165, 1.54) is 13.8 Å². The summed E-state index contributed by atoms with van der Waals surface area (Å²) in [6, 6.07) is -24.5. The zero-order chi connectivity index (χ0) is 58.9. The molecule has 0 spiro atoms. The van der Waals surface area contributed by atoms with E-state index in [4.69, 9.17) is 26.3 Å². The molecule has 0 saturated heterocycles. The first-order chi connectivity index (χ1) is 37.2. The molecule has 10 aromatic rings. The second kappa shape index (κ2) is 10.8. The van der Waals surface area contributed by atoms with Gasteiger partial charge in [0.2, 0.25) is 0 Å². The van der Waals surface area contributed by atoms with Crippen molar-refractivity contribution in [2.45, 2.75) is 19.3 Å². The fraction of sp³-hybridized carbons (Fsp3) is 0.0588. The molecule has 0 saturated carbocycles. The minimum atomic E-state index is -1.53. The average Bonchev–Trinajstić information content (AvgIpc) is 4.11. The van der Waals surface area contributed by atoms with Crippen LogP contribution in [0.25, 0.3) is 98.8 Å². The molecule has 0 amide bonds. The topological polar surface area (TPSA) is 13.1 Å². The molecular formula is C51H34O. The third kappa shape index (κ3) is 4.05. The zero-order valence-corrected chi connectivity index (χ0v) is 26.9. The van der Waals surface area contributed by atoms with Crippen molar-refractivity contribution in [3.05, 3.63) is 180 Å². The maximum Gasteiger partial charge on any atom is 0.136 e. The van der Waals surface area contributed by atoms with Crippen molar-refractivity contribution in [2.24, 2.45) is 0 Å². The van der Waals surface area contributed by atoms with Crippen LogP contribution in [0.4, 0.5) is 0 Å². The Hall–Kier alpha value is -6.44. The molecule has 1 nitrogen and oxygen atoms in total. The summed E-state index contributed by atoms with van der Waals surface area (Å²) in [5, 5.41) is -5.07. The summed E-state index contributed by atoms with van der Waals surface area (Å²) in [7, 11) is 0. The fourth-order valence-electron chi connectivity index (χ4n) is 7.23. The van der Waals surface area contributed by atoms with Gasteiger partial charge in [0.1, 0.15) is 11.2 Å². The monoisotopic (exact) mass is 690 g/mol. The Balaban J connectivity index is 1.43. The summed E-state index contributed by atoms with van der Waals surface area (Å²) >= 11 is 0. The Kier molecular flexibility index (Phi) is 2.69. The maximum absolute atomic E-state index is 10.2. The van der Waals surface area contributed by atoms with E-state index < -0.39 is 262 Å². The standard InChI is InChI=1S/C51H34O/c1-51(2)43-25-10-9-22-40(43)49-35(23-12-26-44(49)51)33-16-11-17-34(28-33)47-36-18-5-7-20-38(36)48(39-21-8-6-19-37(39)47)41-24-13-27-45-50(41)42-29-31-14-3-4-15-32(31)30-46(42)52-45/h3-30H,1-2H3/i3D,4D,5D,6D,7D,8D,9D,10D,11D,12D,13D,14D,15D,16D,17D,18D,19D,20D,21D,22D,23D,24D,25D,26D,27D,28D,29D,30D. The lowest BCUT2D eigenvalue weighted by atomic mass is 9.81. The van der Waals surface area contributed by atoms with Gasteiger partial charge in [-0.1, -0.05) is 159 Å². The van der Waals surface area contributed by atoms with Crippen LogP contribution in [-0.4, -0.2) is 0 Å². The molecule has 1 heteroatoms. The first kappa shape index (κ1) is 13.0.